The van der Waals surface area contributed by atoms with Crippen LogP contribution in [0.25, 0.3) is 10.9 Å². The predicted molar refractivity (Wildman–Crippen MR) is 109 cm³/mol. The van der Waals surface area contributed by atoms with Gasteiger partial charge in [-0.25, -0.2) is 23.4 Å². The Hall–Kier alpha value is -2.75. The predicted octanol–water partition coefficient (Wildman–Crippen LogP) is 4.05. The molecule has 7 nitrogen and oxygen atoms in total. The molecule has 2 aromatic carbocycles. The maximum atomic E-state index is 12.4. The molecule has 0 atom stereocenters. The zero-order chi connectivity index (χ0) is 18.0. The molecule has 10 heteroatoms. The summed E-state index contributed by atoms with van der Waals surface area (Å²) < 4.78 is 27.2. The van der Waals surface area contributed by atoms with Crippen LogP contribution >= 0.6 is 23.7 Å². The van der Waals surface area contributed by atoms with Crippen LogP contribution in [0.3, 0.4) is 0 Å². The Balaban J connectivity index is 0.00000210. The number of benzene rings is 2. The molecule has 0 fully saturated rings. The maximum Gasteiger partial charge on any atom is 0.263 e. The Labute approximate surface area is 166 Å². The summed E-state index contributed by atoms with van der Waals surface area (Å²) in [6.07, 6.45) is 3.03. The number of nitrogens with one attached hydrogen (secondary N) is 2. The molecule has 2 aromatic heterocycles. The van der Waals surface area contributed by atoms with Gasteiger partial charge < -0.3 is 5.32 Å². The van der Waals surface area contributed by atoms with Gasteiger partial charge in [0, 0.05) is 22.7 Å². The highest BCUT2D eigenvalue weighted by Gasteiger charge is 2.15. The molecule has 27 heavy (non-hydrogen) atoms. The highest BCUT2D eigenvalue weighted by Crippen LogP contribution is 2.24. The lowest BCUT2D eigenvalue weighted by atomic mass is 10.2. The van der Waals surface area contributed by atoms with Crippen molar-refractivity contribution in [2.45, 2.75) is 4.90 Å². The van der Waals surface area contributed by atoms with Gasteiger partial charge in [0.15, 0.2) is 5.13 Å². The van der Waals surface area contributed by atoms with Crippen molar-refractivity contribution >= 4 is 61.3 Å². The molecule has 0 aliphatic carbocycles. The van der Waals surface area contributed by atoms with Crippen LogP contribution in [0.5, 0.6) is 0 Å². The zero-order valence-electron chi connectivity index (χ0n) is 13.7. The molecule has 0 unspecified atom stereocenters. The van der Waals surface area contributed by atoms with Crippen LogP contribution in [0.2, 0.25) is 0 Å². The molecule has 0 aliphatic heterocycles. The molecule has 4 rings (SSSR count). The topological polar surface area (TPSA) is 96.9 Å². The lowest BCUT2D eigenvalue weighted by Gasteiger charge is -2.09. The van der Waals surface area contributed by atoms with Gasteiger partial charge in [0.25, 0.3) is 10.0 Å². The lowest BCUT2D eigenvalue weighted by molar-refractivity contribution is 0.601. The molecule has 2 heterocycles. The fraction of sp³-hybridized carbons (Fsp3) is 0. The van der Waals surface area contributed by atoms with Gasteiger partial charge in [0.05, 0.1) is 10.4 Å². The number of halogens is 1. The molecule has 4 aromatic rings. The van der Waals surface area contributed by atoms with Crippen molar-refractivity contribution in [2.75, 3.05) is 10.0 Å². The standard InChI is InChI=1S/C17H13N5O2S2.ClH/c23-26(24,22-17-18-9-10-25-17)13-7-5-12(6-8-13)21-16-14-3-1-2-4-15(14)19-11-20-16;/h1-11H,(H,18,22)(H,19,20,21);1H. The molecular formula is C17H14ClN5O2S2. The van der Waals surface area contributed by atoms with Gasteiger partial charge in [-0.2, -0.15) is 0 Å². The molecule has 0 bridgehead atoms. The zero-order valence-corrected chi connectivity index (χ0v) is 16.2. The van der Waals surface area contributed by atoms with Gasteiger partial charge >= 0.3 is 0 Å². The molecule has 0 saturated carbocycles. The second-order valence-corrected chi connectivity index (χ2v) is 7.91. The van der Waals surface area contributed by atoms with Crippen LogP contribution in [-0.4, -0.2) is 23.4 Å². The fourth-order valence-corrected chi connectivity index (χ4v) is 4.20. The summed E-state index contributed by atoms with van der Waals surface area (Å²) in [4.78, 5) is 12.6. The first-order chi connectivity index (χ1) is 12.6. The number of sulfonamides is 1. The van der Waals surface area contributed by atoms with Crippen molar-refractivity contribution < 1.29 is 8.42 Å². The third-order valence-electron chi connectivity index (χ3n) is 3.62. The Morgan fingerprint density at radius 2 is 1.70 bits per heavy atom. The Bertz CT molecular complexity index is 1140. The van der Waals surface area contributed by atoms with E-state index in [-0.39, 0.29) is 17.3 Å². The molecule has 2 N–H and O–H groups in total. The molecule has 0 amide bonds. The van der Waals surface area contributed by atoms with Crippen molar-refractivity contribution in [3.8, 4) is 0 Å². The molecule has 0 saturated heterocycles. The molecule has 0 radical (unpaired) electrons. The number of aromatic nitrogens is 3. The van der Waals surface area contributed by atoms with E-state index < -0.39 is 10.0 Å². The average molecular weight is 420 g/mol. The number of hydrogen-bond acceptors (Lipinski definition) is 7. The number of hydrogen-bond donors (Lipinski definition) is 2. The van der Waals surface area contributed by atoms with Gasteiger partial charge in [0.2, 0.25) is 0 Å². The minimum absolute atomic E-state index is 0. The normalized spacial score (nSPS) is 11.0. The summed E-state index contributed by atoms with van der Waals surface area (Å²) in [6.45, 7) is 0. The summed E-state index contributed by atoms with van der Waals surface area (Å²) >= 11 is 1.22. The maximum absolute atomic E-state index is 12.4. The number of thiazole rings is 1. The van der Waals surface area contributed by atoms with Crippen molar-refractivity contribution in [1.82, 2.24) is 15.0 Å². The van der Waals surface area contributed by atoms with Crippen LogP contribution in [-0.2, 0) is 10.0 Å². The number of para-hydroxylation sites is 1. The van der Waals surface area contributed by atoms with Crippen LogP contribution in [0.4, 0.5) is 16.6 Å². The van der Waals surface area contributed by atoms with Gasteiger partial charge in [-0.1, -0.05) is 12.1 Å². The van der Waals surface area contributed by atoms with Crippen LogP contribution in [0, 0.1) is 0 Å². The SMILES string of the molecule is Cl.O=S(=O)(Nc1nccs1)c1ccc(Nc2ncnc3ccccc23)cc1. The van der Waals surface area contributed by atoms with E-state index >= 15 is 0 Å². The summed E-state index contributed by atoms with van der Waals surface area (Å²) in [5, 5.41) is 6.12. The van der Waals surface area contributed by atoms with Crippen LogP contribution < -0.4 is 10.0 Å². The number of fused-ring (bicyclic) bond motifs is 1. The first kappa shape index (κ1) is 19.0. The number of nitrogens with zero attached hydrogens (tertiary/aromatic N) is 3. The van der Waals surface area contributed by atoms with E-state index in [4.69, 9.17) is 0 Å². The molecule has 0 spiro atoms. The third kappa shape index (κ3) is 4.16. The van der Waals surface area contributed by atoms with E-state index in [1.54, 1.807) is 23.7 Å². The van der Waals surface area contributed by atoms with E-state index in [0.29, 0.717) is 10.9 Å². The minimum atomic E-state index is -3.66. The average Bonchev–Trinajstić information content (AvgIpc) is 3.15. The van der Waals surface area contributed by atoms with Crippen LogP contribution in [0.15, 0.2) is 71.3 Å². The first-order valence-electron chi connectivity index (χ1n) is 7.61. The quantitative estimate of drug-likeness (QED) is 0.506. The van der Waals surface area contributed by atoms with Gasteiger partial charge in [-0.3, -0.25) is 4.72 Å². The van der Waals surface area contributed by atoms with Crippen molar-refractivity contribution in [2.24, 2.45) is 0 Å². The fourth-order valence-electron chi connectivity index (χ4n) is 2.41. The Morgan fingerprint density at radius 1 is 0.926 bits per heavy atom. The van der Waals surface area contributed by atoms with Crippen molar-refractivity contribution in [3.05, 3.63) is 66.4 Å². The van der Waals surface area contributed by atoms with Gasteiger partial charge in [-0.15, -0.1) is 23.7 Å². The minimum Gasteiger partial charge on any atom is -0.340 e. The Morgan fingerprint density at radius 3 is 2.44 bits per heavy atom. The number of anilines is 3. The first-order valence-corrected chi connectivity index (χ1v) is 9.97. The van der Waals surface area contributed by atoms with E-state index in [2.05, 4.69) is 25.0 Å². The smallest absolute Gasteiger partial charge is 0.263 e. The van der Waals surface area contributed by atoms with Gasteiger partial charge in [-0.05, 0) is 36.4 Å². The second kappa shape index (κ2) is 7.87. The second-order valence-electron chi connectivity index (χ2n) is 5.33. The van der Waals surface area contributed by atoms with E-state index in [9.17, 15) is 8.42 Å². The molecule has 0 aliphatic rings. The van der Waals surface area contributed by atoms with Crippen molar-refractivity contribution in [3.63, 3.8) is 0 Å². The third-order valence-corrected chi connectivity index (χ3v) is 5.80. The van der Waals surface area contributed by atoms with Crippen LogP contribution in [0.1, 0.15) is 0 Å². The highest BCUT2D eigenvalue weighted by atomic mass is 35.5. The summed E-state index contributed by atoms with van der Waals surface area (Å²) in [7, 11) is -3.66. The van der Waals surface area contributed by atoms with Crippen molar-refractivity contribution in [1.29, 1.82) is 0 Å². The molecular weight excluding hydrogens is 406 g/mol. The summed E-state index contributed by atoms with van der Waals surface area (Å²) in [5.41, 5.74) is 1.55. The number of rotatable bonds is 5. The largest absolute Gasteiger partial charge is 0.340 e. The molecule has 138 valence electrons. The summed E-state index contributed by atoms with van der Waals surface area (Å²) in [6, 6.07) is 14.1. The van der Waals surface area contributed by atoms with E-state index in [1.165, 1.54) is 29.8 Å². The lowest BCUT2D eigenvalue weighted by Crippen LogP contribution is -2.12. The summed E-state index contributed by atoms with van der Waals surface area (Å²) in [5.74, 6) is 0.659. The monoisotopic (exact) mass is 419 g/mol. The highest BCUT2D eigenvalue weighted by molar-refractivity contribution is 7.93. The van der Waals surface area contributed by atoms with Gasteiger partial charge in [0.1, 0.15) is 12.1 Å². The van der Waals surface area contributed by atoms with E-state index in [1.807, 2.05) is 24.3 Å². The van der Waals surface area contributed by atoms with E-state index in [0.717, 1.165) is 16.6 Å². The Kier molecular flexibility index (Phi) is 5.54.